The molecule has 2 aromatic rings. The number of halogens is 2. The van der Waals surface area contributed by atoms with E-state index in [9.17, 15) is 0 Å². The van der Waals surface area contributed by atoms with Gasteiger partial charge in [-0.1, -0.05) is 32.0 Å². The van der Waals surface area contributed by atoms with Crippen LogP contribution in [0.1, 0.15) is 27.7 Å². The summed E-state index contributed by atoms with van der Waals surface area (Å²) in [7, 11) is -0.917. The van der Waals surface area contributed by atoms with E-state index >= 15 is 0 Å². The molecule has 2 nitrogen and oxygen atoms in total. The minimum atomic E-state index is -1.51. The molecule has 2 rings (SSSR count). The van der Waals surface area contributed by atoms with Gasteiger partial charge in [0.05, 0.1) is 8.81 Å². The largest absolute Gasteiger partial charge is 0.147 e. The van der Waals surface area contributed by atoms with Gasteiger partial charge in [0.1, 0.15) is 5.75 Å². The van der Waals surface area contributed by atoms with Crippen molar-refractivity contribution in [2.75, 3.05) is 25.7 Å². The number of hydrogen-bond acceptors (Lipinski definition) is 2. The van der Waals surface area contributed by atoms with Crippen LogP contribution in [-0.4, -0.2) is 25.7 Å². The molecule has 162 valence electrons. The van der Waals surface area contributed by atoms with Crippen molar-refractivity contribution in [2.45, 2.75) is 27.7 Å². The first-order valence-corrected chi connectivity index (χ1v) is 13.7. The summed E-state index contributed by atoms with van der Waals surface area (Å²) in [5.74, 6) is 3.45. The van der Waals surface area contributed by atoms with E-state index in [1.54, 1.807) is 0 Å². The van der Waals surface area contributed by atoms with Gasteiger partial charge in [-0.3, -0.25) is 0 Å². The third-order valence-electron chi connectivity index (χ3n) is 3.46. The first-order chi connectivity index (χ1) is 12.3. The predicted octanol–water partition coefficient (Wildman–Crippen LogP) is 7.96. The molecular weight excluding hydrogens is 474 g/mol. The molecule has 0 heterocycles. The van der Waals surface area contributed by atoms with Crippen LogP contribution in [0.3, 0.4) is 0 Å². The van der Waals surface area contributed by atoms with Crippen LogP contribution in [0.15, 0.2) is 60.7 Å². The minimum Gasteiger partial charge on any atom is -0.147 e. The van der Waals surface area contributed by atoms with Crippen LogP contribution >= 0.6 is 45.7 Å². The Hall–Kier alpha value is -0.330. The van der Waals surface area contributed by atoms with Gasteiger partial charge in [-0.2, -0.15) is 0 Å². The maximum Gasteiger partial charge on any atom is -0.147 e. The molecule has 0 aliphatic carbocycles. The molecule has 0 saturated carbocycles. The summed E-state index contributed by atoms with van der Waals surface area (Å²) in [6.45, 7) is 13.5. The van der Waals surface area contributed by atoms with Crippen LogP contribution in [0.5, 0.6) is 11.5 Å². The molecular formula is C22H38BrClO2P2. The molecule has 0 bridgehead atoms. The summed E-state index contributed by atoms with van der Waals surface area (Å²) in [5, 5.41) is 0. The average molecular weight is 512 g/mol. The molecule has 1 unspecified atom stereocenters. The third-order valence-corrected chi connectivity index (χ3v) is 7.41. The molecule has 0 aromatic heterocycles. The molecule has 2 aromatic carbocycles. The summed E-state index contributed by atoms with van der Waals surface area (Å²) in [6.07, 6.45) is 2.36. The number of rotatable bonds is 8. The standard InChI is InChI=1S/C12H21OP.C10H15OP.BrH.ClH/c1-11(2)10-14(3,4)13-12-8-6-5-7-9-12;1-9(2)8-12-11-10-6-4-3-5-7-10;;/h5-9,11,14H,10H2,1-4H3;3-7,9,12H,8H2,1-2H3;2*1H. The van der Waals surface area contributed by atoms with Crippen LogP contribution in [0.4, 0.5) is 0 Å². The second-order valence-corrected chi connectivity index (χ2v) is 13.0. The summed E-state index contributed by atoms with van der Waals surface area (Å²) in [6, 6.07) is 20.1. The quantitative estimate of drug-likeness (QED) is 0.335. The van der Waals surface area contributed by atoms with Crippen molar-refractivity contribution in [3.63, 3.8) is 0 Å². The van der Waals surface area contributed by atoms with Crippen molar-refractivity contribution in [3.05, 3.63) is 60.7 Å². The molecule has 0 spiro atoms. The topological polar surface area (TPSA) is 18.5 Å². The second kappa shape index (κ2) is 16.5. The minimum absolute atomic E-state index is 0. The Bertz CT molecular complexity index is 596. The van der Waals surface area contributed by atoms with Crippen molar-refractivity contribution in [2.24, 2.45) is 11.8 Å². The van der Waals surface area contributed by atoms with Crippen molar-refractivity contribution < 1.29 is 9.05 Å². The smallest absolute Gasteiger partial charge is 0.147 e. The van der Waals surface area contributed by atoms with Crippen LogP contribution in [0.25, 0.3) is 0 Å². The van der Waals surface area contributed by atoms with Gasteiger partial charge >= 0.3 is 87.4 Å². The van der Waals surface area contributed by atoms with E-state index in [4.69, 9.17) is 9.05 Å². The summed E-state index contributed by atoms with van der Waals surface area (Å²) < 4.78 is 11.6. The van der Waals surface area contributed by atoms with Gasteiger partial charge in [-0.25, -0.2) is 0 Å². The number of para-hydroxylation sites is 2. The zero-order chi connectivity index (χ0) is 19.4. The van der Waals surface area contributed by atoms with E-state index in [1.165, 1.54) is 6.16 Å². The van der Waals surface area contributed by atoms with E-state index in [-0.39, 0.29) is 29.4 Å². The van der Waals surface area contributed by atoms with Gasteiger partial charge in [0.15, 0.2) is 0 Å². The third kappa shape index (κ3) is 15.6. The van der Waals surface area contributed by atoms with E-state index in [0.717, 1.165) is 29.5 Å². The predicted molar refractivity (Wildman–Crippen MR) is 140 cm³/mol. The zero-order valence-electron chi connectivity index (χ0n) is 18.0. The van der Waals surface area contributed by atoms with E-state index in [0.29, 0.717) is 8.81 Å². The Kier molecular flexibility index (Phi) is 17.6. The van der Waals surface area contributed by atoms with Crippen LogP contribution in [0.2, 0.25) is 0 Å². The maximum absolute atomic E-state index is 6.05. The Morgan fingerprint density at radius 1 is 0.786 bits per heavy atom. The van der Waals surface area contributed by atoms with Gasteiger partial charge in [0, 0.05) is 6.16 Å². The molecule has 0 radical (unpaired) electrons. The molecule has 0 saturated heterocycles. The summed E-state index contributed by atoms with van der Waals surface area (Å²) >= 11 is 0. The van der Waals surface area contributed by atoms with Gasteiger partial charge in [-0.05, 0) is 18.1 Å². The van der Waals surface area contributed by atoms with Crippen molar-refractivity contribution in [3.8, 4) is 11.5 Å². The molecule has 0 fully saturated rings. The first-order valence-electron chi connectivity index (χ1n) is 9.47. The van der Waals surface area contributed by atoms with E-state index in [1.807, 2.05) is 60.7 Å². The number of benzene rings is 2. The Morgan fingerprint density at radius 3 is 1.68 bits per heavy atom. The van der Waals surface area contributed by atoms with Gasteiger partial charge in [0.2, 0.25) is 0 Å². The fraction of sp³-hybridized carbons (Fsp3) is 0.455. The van der Waals surface area contributed by atoms with E-state index in [2.05, 4.69) is 41.0 Å². The molecule has 0 amide bonds. The second-order valence-electron chi connectivity index (χ2n) is 7.93. The zero-order valence-corrected chi connectivity index (χ0v) is 22.5. The monoisotopic (exact) mass is 510 g/mol. The van der Waals surface area contributed by atoms with Gasteiger partial charge in [0.25, 0.3) is 0 Å². The Morgan fingerprint density at radius 2 is 1.25 bits per heavy atom. The average Bonchev–Trinajstić information content (AvgIpc) is 2.55. The van der Waals surface area contributed by atoms with Crippen LogP contribution in [-0.2, 0) is 0 Å². The fourth-order valence-corrected chi connectivity index (χ4v) is 6.16. The maximum atomic E-state index is 6.05. The summed E-state index contributed by atoms with van der Waals surface area (Å²) in [5.41, 5.74) is 0. The molecule has 0 aliphatic heterocycles. The first kappa shape index (κ1) is 29.9. The normalized spacial score (nSPS) is 11.3. The fourth-order valence-electron chi connectivity index (χ4n) is 2.61. The SMILES string of the molecule is Br.CC(C)CPOc1ccccc1.CC(C)C[PH](C)(C)Oc1ccccc1.Cl. The molecule has 28 heavy (non-hydrogen) atoms. The van der Waals surface area contributed by atoms with E-state index < -0.39 is 7.49 Å². The van der Waals surface area contributed by atoms with Crippen molar-refractivity contribution in [1.82, 2.24) is 0 Å². The van der Waals surface area contributed by atoms with Crippen LogP contribution in [0, 0.1) is 11.8 Å². The van der Waals surface area contributed by atoms with Crippen molar-refractivity contribution in [1.29, 1.82) is 0 Å². The molecule has 0 aliphatic rings. The van der Waals surface area contributed by atoms with Crippen molar-refractivity contribution >= 4 is 45.7 Å². The molecule has 0 N–H and O–H groups in total. The van der Waals surface area contributed by atoms with Gasteiger partial charge in [-0.15, -0.1) is 29.4 Å². The number of hydrogen-bond donors (Lipinski definition) is 0. The van der Waals surface area contributed by atoms with Crippen LogP contribution < -0.4 is 9.05 Å². The Balaban J connectivity index is 0. The van der Waals surface area contributed by atoms with Gasteiger partial charge < -0.3 is 4.52 Å². The molecule has 6 heteroatoms. The Labute approximate surface area is 191 Å². The molecule has 1 atom stereocenters. The summed E-state index contributed by atoms with van der Waals surface area (Å²) in [4.78, 5) is 0.